The third-order valence-electron chi connectivity index (χ3n) is 3.44. The molecule has 3 aromatic rings. The van der Waals surface area contributed by atoms with Crippen LogP contribution < -0.4 is 5.32 Å². The maximum Gasteiger partial charge on any atom is 0.417 e. The third kappa shape index (κ3) is 4.00. The average molecular weight is 343 g/mol. The van der Waals surface area contributed by atoms with Gasteiger partial charge in [0.05, 0.1) is 11.3 Å². The first-order valence-corrected chi connectivity index (χ1v) is 7.29. The van der Waals surface area contributed by atoms with Crippen LogP contribution in [-0.4, -0.2) is 15.9 Å². The summed E-state index contributed by atoms with van der Waals surface area (Å²) in [7, 11) is 0. The maximum atomic E-state index is 12.5. The summed E-state index contributed by atoms with van der Waals surface area (Å²) in [6.45, 7) is 0. The predicted octanol–water partition coefficient (Wildman–Crippen LogP) is 4.41. The number of nitrogens with zero attached hydrogens (tertiary/aromatic N) is 2. The van der Waals surface area contributed by atoms with Gasteiger partial charge in [0.25, 0.3) is 5.91 Å². The van der Waals surface area contributed by atoms with Crippen LogP contribution in [-0.2, 0) is 6.18 Å². The van der Waals surface area contributed by atoms with Gasteiger partial charge in [0.1, 0.15) is 5.82 Å². The van der Waals surface area contributed by atoms with Crippen LogP contribution in [0.25, 0.3) is 11.3 Å². The molecule has 0 radical (unpaired) electrons. The smallest absolute Gasteiger partial charge is 0.307 e. The van der Waals surface area contributed by atoms with Gasteiger partial charge in [-0.2, -0.15) is 13.2 Å². The lowest BCUT2D eigenvalue weighted by Gasteiger charge is -2.08. The molecule has 0 spiro atoms. The van der Waals surface area contributed by atoms with Gasteiger partial charge in [-0.15, -0.1) is 0 Å². The van der Waals surface area contributed by atoms with Crippen molar-refractivity contribution in [2.75, 3.05) is 5.32 Å². The van der Waals surface area contributed by atoms with Crippen LogP contribution in [0.2, 0.25) is 0 Å². The van der Waals surface area contributed by atoms with E-state index >= 15 is 0 Å². The van der Waals surface area contributed by atoms with Crippen molar-refractivity contribution in [3.05, 3.63) is 78.1 Å². The number of pyridine rings is 2. The number of amides is 1. The Morgan fingerprint density at radius 1 is 0.920 bits per heavy atom. The highest BCUT2D eigenvalue weighted by molar-refractivity contribution is 6.03. The summed E-state index contributed by atoms with van der Waals surface area (Å²) < 4.78 is 37.5. The molecule has 0 fully saturated rings. The Balaban J connectivity index is 1.71. The van der Waals surface area contributed by atoms with Crippen LogP contribution in [0.4, 0.5) is 19.0 Å². The molecule has 0 saturated heterocycles. The quantitative estimate of drug-likeness (QED) is 0.766. The largest absolute Gasteiger partial charge is 0.417 e. The molecular weight excluding hydrogens is 331 g/mol. The predicted molar refractivity (Wildman–Crippen MR) is 86.9 cm³/mol. The lowest BCUT2D eigenvalue weighted by atomic mass is 10.1. The van der Waals surface area contributed by atoms with E-state index in [1.807, 2.05) is 18.2 Å². The molecule has 126 valence electrons. The summed E-state index contributed by atoms with van der Waals surface area (Å²) >= 11 is 0. The molecule has 1 N–H and O–H groups in total. The number of hydrogen-bond donors (Lipinski definition) is 1. The summed E-state index contributed by atoms with van der Waals surface area (Å²) in [6, 6.07) is 14.2. The molecule has 2 aromatic heterocycles. The van der Waals surface area contributed by atoms with Crippen LogP contribution in [0, 0.1) is 0 Å². The number of halogens is 3. The number of benzene rings is 1. The number of nitrogens with one attached hydrogen (secondary N) is 1. The fraction of sp³-hybridized carbons (Fsp3) is 0.0556. The zero-order valence-electron chi connectivity index (χ0n) is 12.8. The van der Waals surface area contributed by atoms with Gasteiger partial charge in [0.2, 0.25) is 0 Å². The summed E-state index contributed by atoms with van der Waals surface area (Å²) in [5.41, 5.74) is 1.12. The van der Waals surface area contributed by atoms with Crippen molar-refractivity contribution in [3.63, 3.8) is 0 Å². The van der Waals surface area contributed by atoms with Crippen molar-refractivity contribution in [3.8, 4) is 11.3 Å². The number of aromatic nitrogens is 2. The second kappa shape index (κ2) is 6.72. The van der Waals surface area contributed by atoms with E-state index < -0.39 is 17.6 Å². The summed E-state index contributed by atoms with van der Waals surface area (Å²) in [5, 5.41) is 2.46. The summed E-state index contributed by atoms with van der Waals surface area (Å²) in [4.78, 5) is 20.0. The molecule has 0 saturated carbocycles. The monoisotopic (exact) mass is 343 g/mol. The number of carbonyl (C=O) groups is 1. The summed E-state index contributed by atoms with van der Waals surface area (Å²) in [5.74, 6) is -0.411. The van der Waals surface area contributed by atoms with E-state index in [4.69, 9.17) is 0 Å². The van der Waals surface area contributed by atoms with Gasteiger partial charge in [-0.25, -0.2) is 4.98 Å². The molecule has 0 aliphatic carbocycles. The second-order valence-corrected chi connectivity index (χ2v) is 5.18. The molecule has 7 heteroatoms. The molecule has 0 atom stereocenters. The molecule has 3 rings (SSSR count). The molecule has 1 amide bonds. The van der Waals surface area contributed by atoms with Crippen LogP contribution in [0.15, 0.2) is 67.0 Å². The van der Waals surface area contributed by atoms with Crippen LogP contribution in [0.3, 0.4) is 0 Å². The van der Waals surface area contributed by atoms with Gasteiger partial charge in [-0.1, -0.05) is 18.2 Å². The minimum Gasteiger partial charge on any atom is -0.307 e. The lowest BCUT2D eigenvalue weighted by Crippen LogP contribution is -2.13. The van der Waals surface area contributed by atoms with Gasteiger partial charge < -0.3 is 5.32 Å². The van der Waals surface area contributed by atoms with Crippen LogP contribution in [0.5, 0.6) is 0 Å². The number of rotatable bonds is 3. The maximum absolute atomic E-state index is 12.5. The molecule has 2 heterocycles. The van der Waals surface area contributed by atoms with E-state index in [9.17, 15) is 18.0 Å². The Morgan fingerprint density at radius 2 is 1.68 bits per heavy atom. The van der Waals surface area contributed by atoms with Gasteiger partial charge in [0.15, 0.2) is 0 Å². The minimum atomic E-state index is -4.46. The van der Waals surface area contributed by atoms with E-state index in [2.05, 4.69) is 15.3 Å². The van der Waals surface area contributed by atoms with Gasteiger partial charge in [-0.3, -0.25) is 9.78 Å². The number of carbonyl (C=O) groups excluding carboxylic acids is 1. The molecule has 0 aliphatic heterocycles. The molecule has 0 unspecified atom stereocenters. The number of alkyl halides is 3. The van der Waals surface area contributed by atoms with E-state index in [1.165, 1.54) is 0 Å². The fourth-order valence-corrected chi connectivity index (χ4v) is 2.15. The SMILES string of the molecule is O=C(Nc1ccc(C(F)(F)F)cn1)c1ccc(-c2ccccn2)cc1. The summed E-state index contributed by atoms with van der Waals surface area (Å²) in [6.07, 6.45) is -2.11. The Hall–Kier alpha value is -3.22. The second-order valence-electron chi connectivity index (χ2n) is 5.18. The zero-order chi connectivity index (χ0) is 17.9. The van der Waals surface area contributed by atoms with Crippen molar-refractivity contribution < 1.29 is 18.0 Å². The van der Waals surface area contributed by atoms with Gasteiger partial charge in [-0.05, 0) is 36.4 Å². The van der Waals surface area contributed by atoms with E-state index in [0.29, 0.717) is 11.8 Å². The van der Waals surface area contributed by atoms with Gasteiger partial charge >= 0.3 is 6.18 Å². The molecule has 4 nitrogen and oxygen atoms in total. The standard InChI is InChI=1S/C18H12F3N3O/c19-18(20,21)14-8-9-16(23-11-14)24-17(25)13-6-4-12(5-7-13)15-3-1-2-10-22-15/h1-11H,(H,23,24,25). The fourth-order valence-electron chi connectivity index (χ4n) is 2.15. The van der Waals surface area contributed by atoms with E-state index in [1.54, 1.807) is 30.5 Å². The van der Waals surface area contributed by atoms with Crippen LogP contribution in [0.1, 0.15) is 15.9 Å². The Labute approximate surface area is 141 Å². The van der Waals surface area contributed by atoms with Crippen molar-refractivity contribution in [1.29, 1.82) is 0 Å². The number of hydrogen-bond acceptors (Lipinski definition) is 3. The Morgan fingerprint density at radius 3 is 2.24 bits per heavy atom. The molecule has 0 aliphatic rings. The third-order valence-corrected chi connectivity index (χ3v) is 3.44. The molecule has 25 heavy (non-hydrogen) atoms. The first kappa shape index (κ1) is 16.6. The van der Waals surface area contributed by atoms with E-state index in [0.717, 1.165) is 23.4 Å². The first-order valence-electron chi connectivity index (χ1n) is 7.29. The zero-order valence-corrected chi connectivity index (χ0v) is 12.8. The molecular formula is C18H12F3N3O. The highest BCUT2D eigenvalue weighted by atomic mass is 19.4. The Bertz CT molecular complexity index is 861. The Kier molecular flexibility index (Phi) is 4.47. The molecule has 1 aromatic carbocycles. The molecule has 0 bridgehead atoms. The van der Waals surface area contributed by atoms with E-state index in [-0.39, 0.29) is 5.82 Å². The lowest BCUT2D eigenvalue weighted by molar-refractivity contribution is -0.137. The van der Waals surface area contributed by atoms with Crippen LogP contribution >= 0.6 is 0 Å². The number of anilines is 1. The highest BCUT2D eigenvalue weighted by Gasteiger charge is 2.30. The van der Waals surface area contributed by atoms with Crippen molar-refractivity contribution >= 4 is 11.7 Å². The normalized spacial score (nSPS) is 11.2. The topological polar surface area (TPSA) is 54.9 Å². The average Bonchev–Trinajstić information content (AvgIpc) is 2.62. The van der Waals surface area contributed by atoms with Crippen molar-refractivity contribution in [1.82, 2.24) is 9.97 Å². The highest BCUT2D eigenvalue weighted by Crippen LogP contribution is 2.28. The minimum absolute atomic E-state index is 0.0480. The van der Waals surface area contributed by atoms with Crippen molar-refractivity contribution in [2.45, 2.75) is 6.18 Å². The van der Waals surface area contributed by atoms with Crippen molar-refractivity contribution in [2.24, 2.45) is 0 Å². The van der Waals surface area contributed by atoms with Gasteiger partial charge in [0, 0.05) is 23.5 Å². The first-order chi connectivity index (χ1) is 11.9.